The first-order valence-electron chi connectivity index (χ1n) is 10.6. The van der Waals surface area contributed by atoms with Gasteiger partial charge in [-0.25, -0.2) is 0 Å². The maximum Gasteiger partial charge on any atom is 0.276 e. The summed E-state index contributed by atoms with van der Waals surface area (Å²) in [6.07, 6.45) is 1.60. The zero-order valence-corrected chi connectivity index (χ0v) is 20.6. The van der Waals surface area contributed by atoms with Gasteiger partial charge in [0, 0.05) is 21.6 Å². The van der Waals surface area contributed by atoms with E-state index in [0.717, 1.165) is 11.1 Å². The molecular weight excluding hydrogens is 511 g/mol. The summed E-state index contributed by atoms with van der Waals surface area (Å²) in [5.41, 5.74) is 2.21. The molecule has 176 valence electrons. The van der Waals surface area contributed by atoms with Crippen molar-refractivity contribution in [3.8, 4) is 17.3 Å². The predicted octanol–water partition coefficient (Wildman–Crippen LogP) is 6.72. The number of hydrogen-bond donors (Lipinski definition) is 0. The molecule has 5 rings (SSSR count). The molecule has 0 radical (unpaired) electrons. The Morgan fingerprint density at radius 3 is 2.69 bits per heavy atom. The van der Waals surface area contributed by atoms with E-state index in [-0.39, 0.29) is 22.4 Å². The molecule has 0 N–H and O–H groups in total. The van der Waals surface area contributed by atoms with Crippen LogP contribution in [-0.4, -0.2) is 32.1 Å². The van der Waals surface area contributed by atoms with Crippen molar-refractivity contribution >= 4 is 51.5 Å². The van der Waals surface area contributed by atoms with Gasteiger partial charge >= 0.3 is 0 Å². The summed E-state index contributed by atoms with van der Waals surface area (Å²) in [6, 6.07) is 15.9. The van der Waals surface area contributed by atoms with Crippen LogP contribution in [0.2, 0.25) is 15.2 Å². The molecule has 0 saturated heterocycles. The van der Waals surface area contributed by atoms with Gasteiger partial charge in [-0.1, -0.05) is 52.1 Å². The fourth-order valence-corrected chi connectivity index (χ4v) is 4.58. The Morgan fingerprint density at radius 1 is 1.09 bits per heavy atom. The number of carbonyl (C=O) groups is 1. The molecule has 0 aliphatic heterocycles. The van der Waals surface area contributed by atoms with Crippen molar-refractivity contribution in [3.05, 3.63) is 92.9 Å². The lowest BCUT2D eigenvalue weighted by Crippen LogP contribution is -2.06. The quantitative estimate of drug-likeness (QED) is 0.218. The second-order valence-corrected chi connectivity index (χ2v) is 8.77. The molecule has 0 fully saturated rings. The second-order valence-electron chi connectivity index (χ2n) is 7.57. The average Bonchev–Trinajstić information content (AvgIpc) is 3.45. The Hall–Kier alpha value is -3.39. The molecule has 35 heavy (non-hydrogen) atoms. The molecular formula is C25H17Cl3N4O3. The van der Waals surface area contributed by atoms with E-state index in [1.165, 1.54) is 0 Å². The Labute approximate surface area is 215 Å². The van der Waals surface area contributed by atoms with Gasteiger partial charge in [0.25, 0.3) is 5.89 Å². The molecule has 10 heteroatoms. The SMILES string of the molecule is CCOc1ccc2c(c1)c(C(=O)c1noc(-c3ccccn3)n1)c(Cl)n2Cc1ccc(Cl)cc1Cl. The van der Waals surface area contributed by atoms with Crippen molar-refractivity contribution in [1.82, 2.24) is 19.7 Å². The minimum Gasteiger partial charge on any atom is -0.494 e. The molecule has 2 aromatic carbocycles. The van der Waals surface area contributed by atoms with Crippen LogP contribution in [0.4, 0.5) is 0 Å². The predicted molar refractivity (Wildman–Crippen MR) is 135 cm³/mol. The minimum absolute atomic E-state index is 0.127. The molecule has 7 nitrogen and oxygen atoms in total. The monoisotopic (exact) mass is 526 g/mol. The molecule has 0 amide bonds. The molecule has 3 heterocycles. The van der Waals surface area contributed by atoms with E-state index in [2.05, 4.69) is 15.1 Å². The summed E-state index contributed by atoms with van der Waals surface area (Å²) < 4.78 is 12.7. The summed E-state index contributed by atoms with van der Waals surface area (Å²) in [5.74, 6) is 0.130. The van der Waals surface area contributed by atoms with Crippen LogP contribution in [-0.2, 0) is 6.54 Å². The Morgan fingerprint density at radius 2 is 1.94 bits per heavy atom. The van der Waals surface area contributed by atoms with Gasteiger partial charge in [0.15, 0.2) is 0 Å². The van der Waals surface area contributed by atoms with Gasteiger partial charge in [-0.05, 0) is 55.0 Å². The minimum atomic E-state index is -0.486. The van der Waals surface area contributed by atoms with Gasteiger partial charge < -0.3 is 13.8 Å². The fraction of sp³-hybridized carbons (Fsp3) is 0.120. The smallest absolute Gasteiger partial charge is 0.276 e. The lowest BCUT2D eigenvalue weighted by Gasteiger charge is -2.10. The Kier molecular flexibility index (Phi) is 6.47. The normalized spacial score (nSPS) is 11.2. The number of halogens is 3. The summed E-state index contributed by atoms with van der Waals surface area (Å²) in [5, 5.41) is 5.72. The maximum absolute atomic E-state index is 13.6. The number of pyridine rings is 1. The zero-order chi connectivity index (χ0) is 24.5. The van der Waals surface area contributed by atoms with E-state index < -0.39 is 5.78 Å². The highest BCUT2D eigenvalue weighted by molar-refractivity contribution is 6.37. The van der Waals surface area contributed by atoms with Crippen molar-refractivity contribution < 1.29 is 14.1 Å². The van der Waals surface area contributed by atoms with Gasteiger partial charge in [0.05, 0.1) is 24.2 Å². The number of rotatable bonds is 7. The van der Waals surface area contributed by atoms with E-state index in [9.17, 15) is 4.79 Å². The number of ketones is 1. The highest BCUT2D eigenvalue weighted by atomic mass is 35.5. The summed E-state index contributed by atoms with van der Waals surface area (Å²) in [7, 11) is 0. The standard InChI is InChI=1S/C25H17Cl3N4O3/c1-2-34-16-8-9-20-17(12-16)21(23(28)32(20)13-14-6-7-15(26)11-18(14)27)22(33)24-30-25(35-31-24)19-5-3-4-10-29-19/h3-12H,2,13H2,1H3. The van der Waals surface area contributed by atoms with Crippen molar-refractivity contribution in [2.75, 3.05) is 6.61 Å². The molecule has 3 aromatic heterocycles. The van der Waals surface area contributed by atoms with E-state index >= 15 is 0 Å². The number of fused-ring (bicyclic) bond motifs is 1. The van der Waals surface area contributed by atoms with E-state index in [0.29, 0.717) is 40.0 Å². The molecule has 0 spiro atoms. The van der Waals surface area contributed by atoms with Crippen molar-refractivity contribution in [3.63, 3.8) is 0 Å². The first-order valence-corrected chi connectivity index (χ1v) is 11.8. The van der Waals surface area contributed by atoms with Gasteiger partial charge in [-0.15, -0.1) is 0 Å². The molecule has 5 aromatic rings. The fourth-order valence-electron chi connectivity index (χ4n) is 3.77. The van der Waals surface area contributed by atoms with E-state index in [1.54, 1.807) is 47.2 Å². The number of aromatic nitrogens is 4. The van der Waals surface area contributed by atoms with Crippen molar-refractivity contribution in [2.24, 2.45) is 0 Å². The third-order valence-electron chi connectivity index (χ3n) is 5.37. The average molecular weight is 528 g/mol. The first-order chi connectivity index (χ1) is 17.0. The third kappa shape index (κ3) is 4.50. The van der Waals surface area contributed by atoms with Crippen LogP contribution in [0.25, 0.3) is 22.5 Å². The van der Waals surface area contributed by atoms with Crippen LogP contribution >= 0.6 is 34.8 Å². The largest absolute Gasteiger partial charge is 0.494 e. The van der Waals surface area contributed by atoms with Crippen LogP contribution in [0, 0.1) is 0 Å². The van der Waals surface area contributed by atoms with E-state index in [4.69, 9.17) is 44.1 Å². The van der Waals surface area contributed by atoms with Gasteiger partial charge in [0.2, 0.25) is 11.6 Å². The lowest BCUT2D eigenvalue weighted by atomic mass is 10.1. The van der Waals surface area contributed by atoms with Crippen LogP contribution in [0.1, 0.15) is 28.7 Å². The Balaban J connectivity index is 1.62. The number of carbonyl (C=O) groups excluding carboxylic acids is 1. The molecule has 0 unspecified atom stereocenters. The topological polar surface area (TPSA) is 83.0 Å². The molecule has 0 atom stereocenters. The van der Waals surface area contributed by atoms with Gasteiger partial charge in [-0.2, -0.15) is 4.98 Å². The highest BCUT2D eigenvalue weighted by Gasteiger charge is 2.27. The summed E-state index contributed by atoms with van der Waals surface area (Å²) >= 11 is 19.3. The van der Waals surface area contributed by atoms with Crippen LogP contribution in [0.3, 0.4) is 0 Å². The molecule has 0 saturated carbocycles. The number of nitrogens with zero attached hydrogens (tertiary/aromatic N) is 4. The highest BCUT2D eigenvalue weighted by Crippen LogP contribution is 2.36. The maximum atomic E-state index is 13.6. The van der Waals surface area contributed by atoms with Crippen LogP contribution < -0.4 is 4.74 Å². The lowest BCUT2D eigenvalue weighted by molar-refractivity contribution is 0.102. The third-order valence-corrected chi connectivity index (χ3v) is 6.35. The Bertz CT molecular complexity index is 1550. The van der Waals surface area contributed by atoms with Crippen molar-refractivity contribution in [2.45, 2.75) is 13.5 Å². The van der Waals surface area contributed by atoms with Crippen LogP contribution in [0.15, 0.2) is 65.3 Å². The number of hydrogen-bond acceptors (Lipinski definition) is 6. The zero-order valence-electron chi connectivity index (χ0n) is 18.3. The summed E-state index contributed by atoms with van der Waals surface area (Å²) in [6.45, 7) is 2.68. The molecule has 0 aliphatic rings. The van der Waals surface area contributed by atoms with Crippen LogP contribution in [0.5, 0.6) is 5.75 Å². The molecule has 0 bridgehead atoms. The molecule has 0 aliphatic carbocycles. The van der Waals surface area contributed by atoms with Gasteiger partial charge in [-0.3, -0.25) is 9.78 Å². The number of ether oxygens (including phenoxy) is 1. The van der Waals surface area contributed by atoms with Crippen molar-refractivity contribution in [1.29, 1.82) is 0 Å². The first kappa shape index (κ1) is 23.4. The van der Waals surface area contributed by atoms with Gasteiger partial charge in [0.1, 0.15) is 16.6 Å². The number of benzene rings is 2. The second kappa shape index (κ2) is 9.70. The van der Waals surface area contributed by atoms with E-state index in [1.807, 2.05) is 25.1 Å². The summed E-state index contributed by atoms with van der Waals surface area (Å²) in [4.78, 5) is 22.0.